The van der Waals surface area contributed by atoms with Gasteiger partial charge in [0, 0.05) is 17.0 Å². The number of carbonyl (C=O) groups is 1. The molecule has 1 aromatic carbocycles. The normalized spacial score (nSPS) is 11.1. The van der Waals surface area contributed by atoms with Gasteiger partial charge in [-0.05, 0) is 17.7 Å². The number of rotatable bonds is 5. The van der Waals surface area contributed by atoms with Crippen LogP contribution in [0.15, 0.2) is 24.3 Å². The number of amides is 1. The van der Waals surface area contributed by atoms with E-state index in [-0.39, 0.29) is 11.3 Å². The van der Waals surface area contributed by atoms with Gasteiger partial charge in [-0.25, -0.2) is 0 Å². The van der Waals surface area contributed by atoms with Crippen LogP contribution in [0.4, 0.5) is 0 Å². The third-order valence-electron chi connectivity index (χ3n) is 2.67. The minimum Gasteiger partial charge on any atom is -0.393 e. The molecule has 0 saturated heterocycles. The van der Waals surface area contributed by atoms with Gasteiger partial charge < -0.3 is 11.1 Å². The van der Waals surface area contributed by atoms with Crippen LogP contribution in [0.25, 0.3) is 0 Å². The van der Waals surface area contributed by atoms with E-state index < -0.39 is 0 Å². The van der Waals surface area contributed by atoms with Crippen LogP contribution in [0, 0.1) is 5.41 Å². The van der Waals surface area contributed by atoms with Gasteiger partial charge in [-0.15, -0.1) is 0 Å². The number of hydrogen-bond donors (Lipinski definition) is 2. The first-order chi connectivity index (χ1) is 8.31. The Labute approximate surface area is 118 Å². The molecule has 0 aromatic heterocycles. The average Bonchev–Trinajstić information content (AvgIpc) is 2.29. The lowest BCUT2D eigenvalue weighted by Gasteiger charge is -2.23. The second kappa shape index (κ2) is 6.16. The summed E-state index contributed by atoms with van der Waals surface area (Å²) in [6.07, 6.45) is 0.324. The van der Waals surface area contributed by atoms with Crippen molar-refractivity contribution in [3.8, 4) is 0 Å². The predicted octanol–water partition coefficient (Wildman–Crippen LogP) is 2.31. The van der Waals surface area contributed by atoms with E-state index in [9.17, 15) is 4.79 Å². The highest BCUT2D eigenvalue weighted by atomic mass is 35.5. The van der Waals surface area contributed by atoms with Crippen molar-refractivity contribution >= 4 is 34.7 Å². The zero-order valence-corrected chi connectivity index (χ0v) is 12.1. The van der Waals surface area contributed by atoms with Crippen molar-refractivity contribution in [3.05, 3.63) is 34.9 Å². The van der Waals surface area contributed by atoms with Crippen LogP contribution in [0.5, 0.6) is 0 Å². The van der Waals surface area contributed by atoms with Gasteiger partial charge in [0.15, 0.2) is 0 Å². The lowest BCUT2D eigenvalue weighted by molar-refractivity contribution is -0.120. The van der Waals surface area contributed by atoms with E-state index in [2.05, 4.69) is 5.32 Å². The van der Waals surface area contributed by atoms with Crippen molar-refractivity contribution in [1.29, 1.82) is 0 Å². The molecule has 1 amide bonds. The zero-order chi connectivity index (χ0) is 13.8. The Morgan fingerprint density at radius 1 is 1.39 bits per heavy atom. The van der Waals surface area contributed by atoms with Crippen molar-refractivity contribution in [1.82, 2.24) is 5.32 Å². The van der Waals surface area contributed by atoms with Gasteiger partial charge in [-0.3, -0.25) is 4.79 Å². The summed E-state index contributed by atoms with van der Waals surface area (Å²) in [4.78, 5) is 12.1. The Bertz CT molecular complexity index is 443. The monoisotopic (exact) mass is 284 g/mol. The highest BCUT2D eigenvalue weighted by Gasteiger charge is 2.21. The number of nitrogens with two attached hydrogens (primary N) is 1. The van der Waals surface area contributed by atoms with Gasteiger partial charge in [-0.1, -0.05) is 49.8 Å². The van der Waals surface area contributed by atoms with Crippen LogP contribution in [-0.2, 0) is 11.2 Å². The Kier molecular flexibility index (Phi) is 5.11. The summed E-state index contributed by atoms with van der Waals surface area (Å²) in [5, 5.41) is 3.49. The molecule has 0 fully saturated rings. The van der Waals surface area contributed by atoms with Gasteiger partial charge >= 0.3 is 0 Å². The Morgan fingerprint density at radius 3 is 2.44 bits per heavy atom. The average molecular weight is 285 g/mol. The molecule has 0 aliphatic rings. The van der Waals surface area contributed by atoms with E-state index in [1.165, 1.54) is 0 Å². The van der Waals surface area contributed by atoms with E-state index >= 15 is 0 Å². The smallest absolute Gasteiger partial charge is 0.224 e. The quantitative estimate of drug-likeness (QED) is 0.816. The van der Waals surface area contributed by atoms with Gasteiger partial charge in [0.25, 0.3) is 0 Å². The summed E-state index contributed by atoms with van der Waals surface area (Å²) in [5.74, 6) is -0.0540. The molecule has 98 valence electrons. The van der Waals surface area contributed by atoms with Crippen LogP contribution in [0.3, 0.4) is 0 Å². The van der Waals surface area contributed by atoms with Crippen molar-refractivity contribution in [2.24, 2.45) is 11.1 Å². The molecule has 0 aliphatic heterocycles. The first-order valence-corrected chi connectivity index (χ1v) is 6.41. The first-order valence-electron chi connectivity index (χ1n) is 5.62. The fourth-order valence-electron chi connectivity index (χ4n) is 1.26. The van der Waals surface area contributed by atoms with Gasteiger partial charge in [0.2, 0.25) is 5.91 Å². The second-order valence-electron chi connectivity index (χ2n) is 4.83. The number of thiocarbonyl (C=S) groups is 1. The topological polar surface area (TPSA) is 55.1 Å². The molecule has 0 bridgehead atoms. The molecule has 0 aliphatic carbocycles. The summed E-state index contributed by atoms with van der Waals surface area (Å²) < 4.78 is 0. The highest BCUT2D eigenvalue weighted by molar-refractivity contribution is 7.80. The number of hydrogen-bond acceptors (Lipinski definition) is 2. The van der Waals surface area contributed by atoms with Crippen molar-refractivity contribution in [2.75, 3.05) is 6.54 Å². The van der Waals surface area contributed by atoms with Crippen LogP contribution in [-0.4, -0.2) is 17.4 Å². The molecule has 0 heterocycles. The molecule has 1 aromatic rings. The number of nitrogens with one attached hydrogen (secondary N) is 1. The Morgan fingerprint density at radius 2 is 1.94 bits per heavy atom. The SMILES string of the molecule is CC(C)(CNC(=O)Cc1ccc(Cl)cc1)C(N)=S. The van der Waals surface area contributed by atoms with E-state index in [4.69, 9.17) is 29.6 Å². The maximum absolute atomic E-state index is 11.7. The molecule has 18 heavy (non-hydrogen) atoms. The van der Waals surface area contributed by atoms with E-state index in [0.717, 1.165) is 5.56 Å². The zero-order valence-electron chi connectivity index (χ0n) is 10.5. The predicted molar refractivity (Wildman–Crippen MR) is 78.7 cm³/mol. The molecule has 0 radical (unpaired) electrons. The van der Waals surface area contributed by atoms with Crippen molar-refractivity contribution in [2.45, 2.75) is 20.3 Å². The molecule has 3 nitrogen and oxygen atoms in total. The summed E-state index contributed by atoms with van der Waals surface area (Å²) in [6, 6.07) is 7.20. The largest absolute Gasteiger partial charge is 0.393 e. The molecule has 0 spiro atoms. The standard InChI is InChI=1S/C13H17ClN2OS/c1-13(2,12(15)18)8-16-11(17)7-9-3-5-10(14)6-4-9/h3-6H,7-8H2,1-2H3,(H2,15,18)(H,16,17). The number of halogens is 1. The fraction of sp³-hybridized carbons (Fsp3) is 0.385. The van der Waals surface area contributed by atoms with Gasteiger partial charge in [0.1, 0.15) is 0 Å². The minimum absolute atomic E-state index is 0.0540. The van der Waals surface area contributed by atoms with Crippen molar-refractivity contribution < 1.29 is 4.79 Å². The molecular formula is C13H17ClN2OS. The lowest BCUT2D eigenvalue weighted by Crippen LogP contribution is -2.41. The van der Waals surface area contributed by atoms with Crippen LogP contribution in [0.1, 0.15) is 19.4 Å². The van der Waals surface area contributed by atoms with E-state index in [0.29, 0.717) is 23.0 Å². The fourth-order valence-corrected chi connectivity index (χ4v) is 1.45. The summed E-state index contributed by atoms with van der Waals surface area (Å²) >= 11 is 10.7. The molecule has 1 rings (SSSR count). The van der Waals surface area contributed by atoms with Gasteiger partial charge in [0.05, 0.1) is 11.4 Å². The van der Waals surface area contributed by atoms with Crippen LogP contribution >= 0.6 is 23.8 Å². The molecule has 0 atom stereocenters. The molecule has 0 unspecified atom stereocenters. The highest BCUT2D eigenvalue weighted by Crippen LogP contribution is 2.14. The van der Waals surface area contributed by atoms with Crippen LogP contribution < -0.4 is 11.1 Å². The van der Waals surface area contributed by atoms with E-state index in [1.807, 2.05) is 26.0 Å². The molecular weight excluding hydrogens is 268 g/mol. The Balaban J connectivity index is 2.48. The molecule has 3 N–H and O–H groups in total. The maximum Gasteiger partial charge on any atom is 0.224 e. The van der Waals surface area contributed by atoms with Crippen molar-refractivity contribution in [3.63, 3.8) is 0 Å². The molecule has 5 heteroatoms. The summed E-state index contributed by atoms with van der Waals surface area (Å²) in [7, 11) is 0. The Hall–Kier alpha value is -1.13. The maximum atomic E-state index is 11.7. The lowest BCUT2D eigenvalue weighted by atomic mass is 9.93. The van der Waals surface area contributed by atoms with Gasteiger partial charge in [-0.2, -0.15) is 0 Å². The summed E-state index contributed by atoms with van der Waals surface area (Å²) in [5.41, 5.74) is 6.14. The minimum atomic E-state index is -0.370. The second-order valence-corrected chi connectivity index (χ2v) is 5.70. The summed E-state index contributed by atoms with van der Waals surface area (Å²) in [6.45, 7) is 4.24. The first kappa shape index (κ1) is 14.9. The third kappa shape index (κ3) is 4.63. The number of carbonyl (C=O) groups excluding carboxylic acids is 1. The third-order valence-corrected chi connectivity index (χ3v) is 3.48. The van der Waals surface area contributed by atoms with Crippen LogP contribution in [0.2, 0.25) is 5.02 Å². The van der Waals surface area contributed by atoms with E-state index in [1.54, 1.807) is 12.1 Å². The molecule has 0 saturated carbocycles. The number of benzene rings is 1.